The van der Waals surface area contributed by atoms with Crippen molar-refractivity contribution in [2.75, 3.05) is 0 Å². The molecule has 1 aromatic rings. The SMILES string of the molecule is [C+]1=C2C(=CC=C1)CCc1ccccc12. The van der Waals surface area contributed by atoms with E-state index in [0.717, 1.165) is 6.42 Å². The quantitative estimate of drug-likeness (QED) is 0.536. The van der Waals surface area contributed by atoms with E-state index in [4.69, 9.17) is 0 Å². The van der Waals surface area contributed by atoms with Crippen molar-refractivity contribution in [1.82, 2.24) is 0 Å². The van der Waals surface area contributed by atoms with Crippen molar-refractivity contribution >= 4 is 5.57 Å². The minimum Gasteiger partial charge on any atom is -0.0602 e. The van der Waals surface area contributed by atoms with Crippen LogP contribution >= 0.6 is 0 Å². The summed E-state index contributed by atoms with van der Waals surface area (Å²) in [7, 11) is 0. The topological polar surface area (TPSA) is 0 Å². The fourth-order valence-corrected chi connectivity index (χ4v) is 2.18. The maximum Gasteiger partial charge on any atom is 0.158 e. The Balaban J connectivity index is 2.23. The molecule has 0 saturated carbocycles. The Bertz CT molecular complexity index is 459. The van der Waals surface area contributed by atoms with Gasteiger partial charge in [0.1, 0.15) is 0 Å². The van der Waals surface area contributed by atoms with E-state index in [1.807, 2.05) is 6.08 Å². The van der Waals surface area contributed by atoms with Crippen molar-refractivity contribution in [3.8, 4) is 0 Å². The Morgan fingerprint density at radius 2 is 2.00 bits per heavy atom. The van der Waals surface area contributed by atoms with E-state index in [2.05, 4.69) is 42.5 Å². The summed E-state index contributed by atoms with van der Waals surface area (Å²) in [6.45, 7) is 0. The first kappa shape index (κ1) is 7.73. The van der Waals surface area contributed by atoms with Crippen molar-refractivity contribution in [3.63, 3.8) is 0 Å². The predicted molar refractivity (Wildman–Crippen MR) is 58.6 cm³/mol. The van der Waals surface area contributed by atoms with Crippen LogP contribution < -0.4 is 0 Å². The van der Waals surface area contributed by atoms with Crippen molar-refractivity contribution in [2.45, 2.75) is 12.8 Å². The van der Waals surface area contributed by atoms with Crippen molar-refractivity contribution in [1.29, 1.82) is 0 Å². The summed E-state index contributed by atoms with van der Waals surface area (Å²) in [5, 5.41) is 0. The van der Waals surface area contributed by atoms with Crippen LogP contribution in [0.15, 0.2) is 48.1 Å². The van der Waals surface area contributed by atoms with Gasteiger partial charge in [-0.1, -0.05) is 12.1 Å². The molecule has 0 spiro atoms. The first-order valence-electron chi connectivity index (χ1n) is 5.03. The average Bonchev–Trinajstić information content (AvgIpc) is 2.29. The molecule has 0 bridgehead atoms. The summed E-state index contributed by atoms with van der Waals surface area (Å²) in [6.07, 6.45) is 12.0. The molecule has 0 heterocycles. The van der Waals surface area contributed by atoms with Gasteiger partial charge in [-0.3, -0.25) is 0 Å². The molecule has 14 heavy (non-hydrogen) atoms. The molecule has 0 fully saturated rings. The zero-order chi connectivity index (χ0) is 9.38. The van der Waals surface area contributed by atoms with E-state index in [-0.39, 0.29) is 0 Å². The van der Waals surface area contributed by atoms with Gasteiger partial charge in [0.15, 0.2) is 5.57 Å². The first-order valence-corrected chi connectivity index (χ1v) is 5.03. The van der Waals surface area contributed by atoms with Gasteiger partial charge in [-0.25, -0.2) is 0 Å². The standard InChI is InChI=1S/C14H11/c1-3-7-13-11(5-1)9-10-12-6-2-4-8-14(12)13/h1-7H,9-10H2/q+1. The molecule has 2 aliphatic rings. The molecule has 66 valence electrons. The van der Waals surface area contributed by atoms with Crippen LogP contribution in [0.1, 0.15) is 17.5 Å². The van der Waals surface area contributed by atoms with Crippen LogP contribution in [0.2, 0.25) is 0 Å². The summed E-state index contributed by atoms with van der Waals surface area (Å²) in [5.74, 6) is 0. The lowest BCUT2D eigenvalue weighted by Gasteiger charge is -2.15. The molecular formula is C14H11+. The van der Waals surface area contributed by atoms with Crippen LogP contribution in [0.3, 0.4) is 0 Å². The van der Waals surface area contributed by atoms with Crippen molar-refractivity contribution in [2.24, 2.45) is 0 Å². The molecule has 0 atom stereocenters. The first-order chi connectivity index (χ1) is 6.95. The lowest BCUT2D eigenvalue weighted by molar-refractivity contribution is 0.937. The van der Waals surface area contributed by atoms with Crippen LogP contribution in [-0.4, -0.2) is 0 Å². The average molecular weight is 179 g/mol. The van der Waals surface area contributed by atoms with E-state index in [9.17, 15) is 0 Å². The van der Waals surface area contributed by atoms with Gasteiger partial charge < -0.3 is 0 Å². The van der Waals surface area contributed by atoms with Gasteiger partial charge in [0.25, 0.3) is 0 Å². The Morgan fingerprint density at radius 3 is 3.00 bits per heavy atom. The predicted octanol–water partition coefficient (Wildman–Crippen LogP) is 3.32. The summed E-state index contributed by atoms with van der Waals surface area (Å²) < 4.78 is 0. The number of hydrogen-bond acceptors (Lipinski definition) is 0. The lowest BCUT2D eigenvalue weighted by atomic mass is 9.82. The smallest absolute Gasteiger partial charge is 0.0602 e. The number of rotatable bonds is 0. The summed E-state index contributed by atoms with van der Waals surface area (Å²) in [5.41, 5.74) is 5.57. The molecule has 0 heteroatoms. The number of aryl methyl sites for hydroxylation is 1. The second-order valence-corrected chi connectivity index (χ2v) is 3.73. The number of fused-ring (bicyclic) bond motifs is 3. The van der Waals surface area contributed by atoms with Gasteiger partial charge in [0.05, 0.1) is 17.2 Å². The Labute approximate surface area is 84.3 Å². The molecule has 2 aliphatic carbocycles. The highest BCUT2D eigenvalue weighted by molar-refractivity contribution is 5.83. The normalized spacial score (nSPS) is 17.4. The van der Waals surface area contributed by atoms with E-state index >= 15 is 0 Å². The molecule has 0 saturated heterocycles. The number of allylic oxidation sites excluding steroid dienone is 6. The van der Waals surface area contributed by atoms with Gasteiger partial charge >= 0.3 is 0 Å². The second kappa shape index (κ2) is 2.94. The van der Waals surface area contributed by atoms with Gasteiger partial charge in [0.2, 0.25) is 0 Å². The van der Waals surface area contributed by atoms with Crippen LogP contribution in [0.25, 0.3) is 5.57 Å². The third-order valence-corrected chi connectivity index (χ3v) is 2.89. The largest absolute Gasteiger partial charge is 0.158 e. The van der Waals surface area contributed by atoms with Gasteiger partial charge in [-0.15, -0.1) is 0 Å². The third kappa shape index (κ3) is 1.05. The lowest BCUT2D eigenvalue weighted by Crippen LogP contribution is -2.05. The molecule has 0 radical (unpaired) electrons. The minimum atomic E-state index is 1.16. The summed E-state index contributed by atoms with van der Waals surface area (Å²) in [4.78, 5) is 0. The second-order valence-electron chi connectivity index (χ2n) is 3.73. The summed E-state index contributed by atoms with van der Waals surface area (Å²) >= 11 is 0. The Kier molecular flexibility index (Phi) is 1.62. The van der Waals surface area contributed by atoms with Crippen LogP contribution in [0, 0.1) is 6.08 Å². The zero-order valence-corrected chi connectivity index (χ0v) is 7.96. The van der Waals surface area contributed by atoms with Gasteiger partial charge in [-0.2, -0.15) is 0 Å². The highest BCUT2D eigenvalue weighted by Crippen LogP contribution is 2.35. The molecule has 0 N–H and O–H groups in total. The fraction of sp³-hybridized carbons (Fsp3) is 0.143. The molecule has 0 amide bonds. The maximum absolute atomic E-state index is 3.35. The van der Waals surface area contributed by atoms with E-state index in [0.29, 0.717) is 0 Å². The maximum atomic E-state index is 3.35. The van der Waals surface area contributed by atoms with Gasteiger partial charge in [0, 0.05) is 30.2 Å². The van der Waals surface area contributed by atoms with E-state index in [1.54, 1.807) is 0 Å². The highest BCUT2D eigenvalue weighted by Gasteiger charge is 2.25. The fourth-order valence-electron chi connectivity index (χ4n) is 2.18. The Hall–Kier alpha value is -1.65. The van der Waals surface area contributed by atoms with Crippen LogP contribution in [0.5, 0.6) is 0 Å². The van der Waals surface area contributed by atoms with E-state index in [1.165, 1.54) is 28.7 Å². The number of hydrogen-bond donors (Lipinski definition) is 0. The zero-order valence-electron chi connectivity index (χ0n) is 7.96. The van der Waals surface area contributed by atoms with Gasteiger partial charge in [-0.05, 0) is 18.6 Å². The minimum absolute atomic E-state index is 1.16. The number of benzene rings is 1. The van der Waals surface area contributed by atoms with Crippen LogP contribution in [-0.2, 0) is 6.42 Å². The highest BCUT2D eigenvalue weighted by atomic mass is 14.2. The molecular weight excluding hydrogens is 168 g/mol. The van der Waals surface area contributed by atoms with Crippen molar-refractivity contribution < 1.29 is 0 Å². The molecule has 1 aromatic carbocycles. The summed E-state index contributed by atoms with van der Waals surface area (Å²) in [6, 6.07) is 8.64. The van der Waals surface area contributed by atoms with Crippen LogP contribution in [0.4, 0.5) is 0 Å². The van der Waals surface area contributed by atoms with E-state index < -0.39 is 0 Å². The Morgan fingerprint density at radius 1 is 1.07 bits per heavy atom. The van der Waals surface area contributed by atoms with Crippen molar-refractivity contribution in [3.05, 3.63) is 65.3 Å². The molecule has 0 unspecified atom stereocenters. The molecule has 0 aliphatic heterocycles. The molecule has 0 nitrogen and oxygen atoms in total. The molecule has 3 rings (SSSR count). The third-order valence-electron chi connectivity index (χ3n) is 2.89. The monoisotopic (exact) mass is 179 g/mol. The molecule has 0 aromatic heterocycles.